The van der Waals surface area contributed by atoms with E-state index in [1.54, 1.807) is 26.0 Å². The number of ketones is 1. The number of ether oxygens (including phenoxy) is 4. The highest BCUT2D eigenvalue weighted by molar-refractivity contribution is 5.95. The fraction of sp³-hybridized carbons (Fsp3) is 0.609. The number of benzene rings is 1. The van der Waals surface area contributed by atoms with Gasteiger partial charge in [0.25, 0.3) is 5.09 Å². The van der Waals surface area contributed by atoms with E-state index in [9.17, 15) is 24.5 Å². The van der Waals surface area contributed by atoms with E-state index < -0.39 is 34.8 Å². The lowest BCUT2D eigenvalue weighted by molar-refractivity contribution is -0.757. The summed E-state index contributed by atoms with van der Waals surface area (Å²) in [6, 6.07) is 6.09. The third-order valence-corrected chi connectivity index (χ3v) is 5.08. The van der Waals surface area contributed by atoms with Gasteiger partial charge in [0.05, 0.1) is 19.8 Å². The summed E-state index contributed by atoms with van der Waals surface area (Å²) in [6.07, 6.45) is 1.62. The van der Waals surface area contributed by atoms with Crippen LogP contribution in [0.4, 0.5) is 0 Å². The summed E-state index contributed by atoms with van der Waals surface area (Å²) in [6.45, 7) is 5.71. The second kappa shape index (κ2) is 12.4. The minimum atomic E-state index is -0.863. The Morgan fingerprint density at radius 3 is 2.41 bits per heavy atom. The van der Waals surface area contributed by atoms with Crippen LogP contribution in [0.5, 0.6) is 5.75 Å². The Balaban J connectivity index is 1.79. The number of Topliss-reactive ketones (excluding diaryl/α,β-unsaturated/α-hetero) is 1. The van der Waals surface area contributed by atoms with Crippen LogP contribution in [0.1, 0.15) is 63.2 Å². The maximum absolute atomic E-state index is 12.5. The zero-order valence-electron chi connectivity index (χ0n) is 19.7. The van der Waals surface area contributed by atoms with Crippen molar-refractivity contribution in [1.82, 2.24) is 0 Å². The molecule has 1 aromatic rings. The molecule has 2 rings (SSSR count). The minimum absolute atomic E-state index is 0.0281. The highest BCUT2D eigenvalue weighted by atomic mass is 16.9. The lowest BCUT2D eigenvalue weighted by Gasteiger charge is -2.41. The van der Waals surface area contributed by atoms with E-state index in [1.807, 2.05) is 6.92 Å². The van der Waals surface area contributed by atoms with E-state index in [4.69, 9.17) is 18.9 Å². The van der Waals surface area contributed by atoms with E-state index >= 15 is 0 Å². The summed E-state index contributed by atoms with van der Waals surface area (Å²) >= 11 is 0. The van der Waals surface area contributed by atoms with Crippen LogP contribution in [0, 0.1) is 15.5 Å². The molecule has 0 N–H and O–H groups in total. The van der Waals surface area contributed by atoms with Crippen LogP contribution >= 0.6 is 0 Å². The summed E-state index contributed by atoms with van der Waals surface area (Å²) in [7, 11) is 0. The first kappa shape index (κ1) is 27.2. The van der Waals surface area contributed by atoms with Gasteiger partial charge in [-0.1, -0.05) is 25.5 Å². The molecule has 1 aliphatic heterocycles. The molecule has 0 atom stereocenters. The standard InChI is InChI=1S/C23H31NO10/c1-22(2)31-15-23(3,16-32-22)13-17(25)14-30-21(27)18-9-6-7-10-19(18)34-20(26)11-5-4-8-12-33-24(28)29/h6-7,9-10H,4-5,8,11-16H2,1-3H3. The lowest BCUT2D eigenvalue weighted by Crippen LogP contribution is -2.46. The van der Waals surface area contributed by atoms with Crippen LogP contribution in [0.15, 0.2) is 24.3 Å². The van der Waals surface area contributed by atoms with Crippen LogP contribution in [-0.4, -0.2) is 55.0 Å². The molecule has 1 aliphatic rings. The Hall–Kier alpha value is -3.05. The molecule has 1 aromatic carbocycles. The maximum atomic E-state index is 12.5. The molecule has 0 aromatic heterocycles. The maximum Gasteiger partial charge on any atom is 0.342 e. The van der Waals surface area contributed by atoms with Crippen LogP contribution in [-0.2, 0) is 28.6 Å². The zero-order valence-corrected chi connectivity index (χ0v) is 19.7. The van der Waals surface area contributed by atoms with Crippen LogP contribution in [0.2, 0.25) is 0 Å². The monoisotopic (exact) mass is 481 g/mol. The first-order chi connectivity index (χ1) is 16.0. The molecule has 188 valence electrons. The van der Waals surface area contributed by atoms with E-state index in [-0.39, 0.29) is 36.5 Å². The molecule has 0 aliphatic carbocycles. The summed E-state index contributed by atoms with van der Waals surface area (Å²) in [4.78, 5) is 51.3. The molecule has 11 nitrogen and oxygen atoms in total. The normalized spacial score (nSPS) is 16.3. The predicted octanol–water partition coefficient (Wildman–Crippen LogP) is 3.27. The van der Waals surface area contributed by atoms with Crippen molar-refractivity contribution in [2.24, 2.45) is 5.41 Å². The third-order valence-electron chi connectivity index (χ3n) is 5.08. The van der Waals surface area contributed by atoms with E-state index in [2.05, 4.69) is 4.84 Å². The molecule has 0 spiro atoms. The molecule has 0 bridgehead atoms. The van der Waals surface area contributed by atoms with Gasteiger partial charge >= 0.3 is 11.9 Å². The van der Waals surface area contributed by atoms with E-state index in [1.165, 1.54) is 12.1 Å². The average Bonchev–Trinajstić information content (AvgIpc) is 2.77. The fourth-order valence-corrected chi connectivity index (χ4v) is 3.22. The minimum Gasteiger partial charge on any atom is -0.454 e. The van der Waals surface area contributed by atoms with E-state index in [0.29, 0.717) is 32.5 Å². The Morgan fingerprint density at radius 2 is 1.74 bits per heavy atom. The molecule has 0 radical (unpaired) electrons. The van der Waals surface area contributed by atoms with Gasteiger partial charge in [0.1, 0.15) is 17.9 Å². The van der Waals surface area contributed by atoms with Crippen molar-refractivity contribution >= 4 is 17.7 Å². The van der Waals surface area contributed by atoms with Crippen molar-refractivity contribution < 1.29 is 43.3 Å². The first-order valence-electron chi connectivity index (χ1n) is 11.0. The third kappa shape index (κ3) is 9.44. The van der Waals surface area contributed by atoms with Gasteiger partial charge in [-0.05, 0) is 38.8 Å². The summed E-state index contributed by atoms with van der Waals surface area (Å²) < 4.78 is 21.7. The Kier molecular flexibility index (Phi) is 9.94. The van der Waals surface area contributed by atoms with Gasteiger partial charge in [-0.15, -0.1) is 10.1 Å². The van der Waals surface area contributed by atoms with Gasteiger partial charge < -0.3 is 23.8 Å². The number of carbonyl (C=O) groups excluding carboxylic acids is 3. The molecule has 0 unspecified atom stereocenters. The summed E-state index contributed by atoms with van der Waals surface area (Å²) in [5, 5.41) is 9.22. The predicted molar refractivity (Wildman–Crippen MR) is 117 cm³/mol. The number of nitrogens with zero attached hydrogens (tertiary/aromatic N) is 1. The lowest BCUT2D eigenvalue weighted by atomic mass is 9.86. The van der Waals surface area contributed by atoms with Crippen LogP contribution in [0.25, 0.3) is 0 Å². The van der Waals surface area contributed by atoms with Crippen LogP contribution < -0.4 is 4.74 Å². The molecular weight excluding hydrogens is 450 g/mol. The number of esters is 2. The zero-order chi connectivity index (χ0) is 25.2. The van der Waals surface area contributed by atoms with Gasteiger partial charge in [0.15, 0.2) is 11.6 Å². The van der Waals surface area contributed by atoms with Crippen molar-refractivity contribution in [1.29, 1.82) is 0 Å². The molecule has 1 heterocycles. The molecule has 1 fully saturated rings. The number of hydrogen-bond acceptors (Lipinski definition) is 10. The summed E-state index contributed by atoms with van der Waals surface area (Å²) in [5.74, 6) is -2.28. The average molecular weight is 481 g/mol. The number of hydrogen-bond donors (Lipinski definition) is 0. The van der Waals surface area contributed by atoms with Crippen LogP contribution in [0.3, 0.4) is 0 Å². The highest BCUT2D eigenvalue weighted by Crippen LogP contribution is 2.32. The van der Waals surface area contributed by atoms with Crippen molar-refractivity contribution in [3.63, 3.8) is 0 Å². The second-order valence-electron chi connectivity index (χ2n) is 8.92. The Labute approximate surface area is 197 Å². The van der Waals surface area contributed by atoms with Crippen molar-refractivity contribution in [2.75, 3.05) is 26.4 Å². The van der Waals surface area contributed by atoms with Gasteiger partial charge in [-0.2, -0.15) is 0 Å². The number of carbonyl (C=O) groups is 3. The van der Waals surface area contributed by atoms with E-state index in [0.717, 1.165) is 0 Å². The molecular formula is C23H31NO10. The van der Waals surface area contributed by atoms with Crippen molar-refractivity contribution in [2.45, 2.75) is 58.7 Å². The number of rotatable bonds is 13. The van der Waals surface area contributed by atoms with Gasteiger partial charge in [0.2, 0.25) is 0 Å². The number of unbranched alkanes of at least 4 members (excludes halogenated alkanes) is 2. The quantitative estimate of drug-likeness (QED) is 0.135. The molecule has 11 heteroatoms. The SMILES string of the molecule is CC1(CC(=O)COC(=O)c2ccccc2OC(=O)CCCCCO[N+](=O)[O-])COC(C)(C)OC1. The topological polar surface area (TPSA) is 140 Å². The molecule has 0 saturated carbocycles. The van der Waals surface area contributed by atoms with Gasteiger partial charge in [-0.3, -0.25) is 9.59 Å². The molecule has 34 heavy (non-hydrogen) atoms. The molecule has 1 saturated heterocycles. The Bertz CT molecular complexity index is 872. The van der Waals surface area contributed by atoms with Gasteiger partial charge in [0, 0.05) is 18.3 Å². The smallest absolute Gasteiger partial charge is 0.342 e. The highest BCUT2D eigenvalue weighted by Gasteiger charge is 2.38. The van der Waals surface area contributed by atoms with Gasteiger partial charge in [-0.25, -0.2) is 4.79 Å². The number of para-hydroxylation sites is 1. The van der Waals surface area contributed by atoms with Crippen molar-refractivity contribution in [3.05, 3.63) is 39.9 Å². The second-order valence-corrected chi connectivity index (χ2v) is 8.92. The molecule has 0 amide bonds. The fourth-order valence-electron chi connectivity index (χ4n) is 3.22. The largest absolute Gasteiger partial charge is 0.454 e. The van der Waals surface area contributed by atoms with Crippen molar-refractivity contribution in [3.8, 4) is 5.75 Å². The first-order valence-corrected chi connectivity index (χ1v) is 11.0. The summed E-state index contributed by atoms with van der Waals surface area (Å²) in [5.41, 5.74) is -0.484. The Morgan fingerprint density at radius 1 is 1.06 bits per heavy atom.